The Morgan fingerprint density at radius 3 is 2.45 bits per heavy atom. The van der Waals surface area contributed by atoms with Gasteiger partial charge in [-0.05, 0) is 46.2 Å². The lowest BCUT2D eigenvalue weighted by molar-refractivity contribution is 0.00578. The van der Waals surface area contributed by atoms with Crippen molar-refractivity contribution < 1.29 is 9.31 Å². The summed E-state index contributed by atoms with van der Waals surface area (Å²) >= 11 is 0. The minimum absolute atomic E-state index is 0.330. The fourth-order valence-electron chi connectivity index (χ4n) is 1.99. The molecule has 108 valence electrons. The summed E-state index contributed by atoms with van der Waals surface area (Å²) in [5.41, 5.74) is 6.79. The monoisotopic (exact) mass is 274 g/mol. The quantitative estimate of drug-likeness (QED) is 0.850. The van der Waals surface area contributed by atoms with Crippen molar-refractivity contribution in [2.75, 3.05) is 6.54 Å². The lowest BCUT2D eigenvalue weighted by Gasteiger charge is -2.32. The molecule has 4 nitrogen and oxygen atoms in total. The van der Waals surface area contributed by atoms with Crippen LogP contribution in [0.15, 0.2) is 24.5 Å². The van der Waals surface area contributed by atoms with E-state index >= 15 is 0 Å². The van der Waals surface area contributed by atoms with Gasteiger partial charge in [0.1, 0.15) is 0 Å². The molecule has 1 aromatic heterocycles. The number of nitrogens with zero attached hydrogens (tertiary/aromatic N) is 1. The molecule has 1 aromatic rings. The van der Waals surface area contributed by atoms with Crippen LogP contribution in [-0.4, -0.2) is 29.8 Å². The van der Waals surface area contributed by atoms with Gasteiger partial charge >= 0.3 is 7.12 Å². The average Bonchev–Trinajstić information content (AvgIpc) is 2.59. The molecule has 2 heterocycles. The zero-order chi connectivity index (χ0) is 14.8. The largest absolute Gasteiger partial charge is 0.496 e. The first-order valence-electron chi connectivity index (χ1n) is 7.03. The number of pyridine rings is 1. The van der Waals surface area contributed by atoms with Gasteiger partial charge in [0.2, 0.25) is 0 Å². The normalized spacial score (nSPS) is 20.8. The van der Waals surface area contributed by atoms with E-state index < -0.39 is 0 Å². The molecule has 0 aromatic carbocycles. The molecular formula is C15H23BN2O2. The number of nitrogens with two attached hydrogens (primary N) is 1. The highest BCUT2D eigenvalue weighted by atomic mass is 16.7. The smallest absolute Gasteiger partial charge is 0.399 e. The van der Waals surface area contributed by atoms with E-state index in [4.69, 9.17) is 15.0 Å². The third-order valence-electron chi connectivity index (χ3n) is 3.95. The molecule has 0 saturated carbocycles. The number of rotatable bonds is 4. The van der Waals surface area contributed by atoms with E-state index in [1.54, 1.807) is 6.20 Å². The Morgan fingerprint density at radius 2 is 1.85 bits per heavy atom. The minimum atomic E-state index is -0.365. The topological polar surface area (TPSA) is 57.4 Å². The fraction of sp³-hybridized carbons (Fsp3) is 0.533. The van der Waals surface area contributed by atoms with Crippen molar-refractivity contribution in [3.8, 4) is 0 Å². The van der Waals surface area contributed by atoms with Crippen molar-refractivity contribution in [1.82, 2.24) is 4.98 Å². The van der Waals surface area contributed by atoms with Crippen LogP contribution in [0.5, 0.6) is 0 Å². The first kappa shape index (κ1) is 15.2. The van der Waals surface area contributed by atoms with Gasteiger partial charge in [-0.3, -0.25) is 4.98 Å². The Bertz CT molecular complexity index is 484. The molecule has 1 saturated heterocycles. The molecule has 0 spiro atoms. The van der Waals surface area contributed by atoms with Crippen molar-refractivity contribution in [2.45, 2.75) is 45.3 Å². The molecule has 0 amide bonds. The van der Waals surface area contributed by atoms with Crippen molar-refractivity contribution in [1.29, 1.82) is 0 Å². The molecule has 0 aliphatic carbocycles. The van der Waals surface area contributed by atoms with Crippen LogP contribution in [0.25, 0.3) is 6.08 Å². The van der Waals surface area contributed by atoms with E-state index in [2.05, 4.69) is 4.98 Å². The summed E-state index contributed by atoms with van der Waals surface area (Å²) in [5.74, 6) is 0. The van der Waals surface area contributed by atoms with Crippen molar-refractivity contribution in [3.63, 3.8) is 0 Å². The molecule has 2 rings (SSSR count). The Morgan fingerprint density at radius 1 is 1.20 bits per heavy atom. The lowest BCUT2D eigenvalue weighted by atomic mass is 9.80. The molecule has 0 unspecified atom stereocenters. The summed E-state index contributed by atoms with van der Waals surface area (Å²) in [6.07, 6.45) is 8.55. The van der Waals surface area contributed by atoms with E-state index in [-0.39, 0.29) is 18.3 Å². The summed E-state index contributed by atoms with van der Waals surface area (Å²) in [4.78, 5) is 4.26. The third kappa shape index (κ3) is 3.11. The highest BCUT2D eigenvalue weighted by Crippen LogP contribution is 2.36. The van der Waals surface area contributed by atoms with Crippen molar-refractivity contribution in [2.24, 2.45) is 5.73 Å². The predicted molar refractivity (Wildman–Crippen MR) is 82.7 cm³/mol. The van der Waals surface area contributed by atoms with E-state index in [9.17, 15) is 0 Å². The molecule has 0 radical (unpaired) electrons. The van der Waals surface area contributed by atoms with Gasteiger partial charge in [0.05, 0.1) is 11.2 Å². The van der Waals surface area contributed by atoms with Gasteiger partial charge in [-0.1, -0.05) is 18.2 Å². The van der Waals surface area contributed by atoms with Crippen LogP contribution >= 0.6 is 0 Å². The number of aromatic nitrogens is 1. The molecule has 5 heteroatoms. The van der Waals surface area contributed by atoms with Gasteiger partial charge in [-0.25, -0.2) is 0 Å². The zero-order valence-corrected chi connectivity index (χ0v) is 12.7. The van der Waals surface area contributed by atoms with Crippen LogP contribution in [0.2, 0.25) is 0 Å². The molecule has 20 heavy (non-hydrogen) atoms. The second kappa shape index (κ2) is 5.68. The maximum atomic E-state index is 6.02. The van der Waals surface area contributed by atoms with Crippen LogP contribution < -0.4 is 11.2 Å². The Labute approximate surface area is 121 Å². The summed E-state index contributed by atoms with van der Waals surface area (Å²) < 4.78 is 12.0. The maximum Gasteiger partial charge on any atom is 0.496 e. The molecule has 1 aliphatic rings. The van der Waals surface area contributed by atoms with Gasteiger partial charge in [0.25, 0.3) is 0 Å². The second-order valence-electron chi connectivity index (χ2n) is 6.12. The van der Waals surface area contributed by atoms with E-state index in [1.807, 2.05) is 52.1 Å². The van der Waals surface area contributed by atoms with Crippen LogP contribution in [-0.2, 0) is 9.31 Å². The Kier molecular flexibility index (Phi) is 4.32. The van der Waals surface area contributed by atoms with Crippen molar-refractivity contribution >= 4 is 18.7 Å². The second-order valence-corrected chi connectivity index (χ2v) is 6.12. The van der Waals surface area contributed by atoms with Crippen LogP contribution in [0.4, 0.5) is 0 Å². The van der Waals surface area contributed by atoms with Crippen LogP contribution in [0.1, 0.15) is 39.7 Å². The van der Waals surface area contributed by atoms with Crippen molar-refractivity contribution in [3.05, 3.63) is 30.1 Å². The van der Waals surface area contributed by atoms with Gasteiger partial charge in [0.15, 0.2) is 0 Å². The fourth-order valence-corrected chi connectivity index (χ4v) is 1.99. The molecule has 2 N–H and O–H groups in total. The molecule has 0 bridgehead atoms. The minimum Gasteiger partial charge on any atom is -0.399 e. The lowest BCUT2D eigenvalue weighted by Crippen LogP contribution is -2.41. The standard InChI is InChI=1S/C15H23BN2O2/c1-14(2)15(3,4)20-16(19-14)13-9-12(10-18-11-13)7-5-6-8-17/h5,7,9-11H,6,8,17H2,1-4H3. The van der Waals surface area contributed by atoms with E-state index in [0.717, 1.165) is 17.4 Å². The first-order chi connectivity index (χ1) is 9.36. The maximum absolute atomic E-state index is 6.02. The van der Waals surface area contributed by atoms with Gasteiger partial charge in [-0.2, -0.15) is 0 Å². The molecule has 0 atom stereocenters. The SMILES string of the molecule is CC1(C)OB(c2cncc(C=CCCN)c2)OC1(C)C. The highest BCUT2D eigenvalue weighted by molar-refractivity contribution is 6.62. The van der Waals surface area contributed by atoms with E-state index in [0.29, 0.717) is 6.54 Å². The summed E-state index contributed by atoms with van der Waals surface area (Å²) in [7, 11) is -0.365. The molecule has 1 aliphatic heterocycles. The number of hydrogen-bond donors (Lipinski definition) is 1. The molecule has 1 fully saturated rings. The highest BCUT2D eigenvalue weighted by Gasteiger charge is 2.51. The van der Waals surface area contributed by atoms with E-state index in [1.165, 1.54) is 0 Å². The Balaban J connectivity index is 2.17. The van der Waals surface area contributed by atoms with Gasteiger partial charge < -0.3 is 15.0 Å². The summed E-state index contributed by atoms with van der Waals surface area (Å²) in [6.45, 7) is 8.84. The van der Waals surface area contributed by atoms with Gasteiger partial charge in [0, 0.05) is 17.9 Å². The third-order valence-corrected chi connectivity index (χ3v) is 3.95. The number of hydrogen-bond acceptors (Lipinski definition) is 4. The van der Waals surface area contributed by atoms with Crippen LogP contribution in [0, 0.1) is 0 Å². The first-order valence-corrected chi connectivity index (χ1v) is 7.03. The Hall–Kier alpha value is -1.17. The average molecular weight is 274 g/mol. The predicted octanol–water partition coefficient (Wildman–Crippen LogP) is 1.74. The van der Waals surface area contributed by atoms with Crippen LogP contribution in [0.3, 0.4) is 0 Å². The molecular weight excluding hydrogens is 251 g/mol. The van der Waals surface area contributed by atoms with Gasteiger partial charge in [-0.15, -0.1) is 0 Å². The summed E-state index contributed by atoms with van der Waals surface area (Å²) in [6, 6.07) is 2.04. The summed E-state index contributed by atoms with van der Waals surface area (Å²) in [5, 5.41) is 0. The zero-order valence-electron chi connectivity index (χ0n) is 12.7.